The Morgan fingerprint density at radius 1 is 0.277 bits per heavy atom. The van der Waals surface area contributed by atoms with Crippen molar-refractivity contribution < 1.29 is 0 Å². The van der Waals surface area contributed by atoms with Gasteiger partial charge in [0.1, 0.15) is 0 Å². The fraction of sp³-hybridized carbons (Fsp3) is 0. The van der Waals surface area contributed by atoms with Crippen LogP contribution in [0.2, 0.25) is 0 Å². The van der Waals surface area contributed by atoms with Crippen LogP contribution < -0.4 is 4.90 Å². The predicted octanol–water partition coefficient (Wildman–Crippen LogP) is 13.0. The molecule has 0 saturated carbocycles. The van der Waals surface area contributed by atoms with Crippen molar-refractivity contribution in [3.05, 3.63) is 200 Å². The van der Waals surface area contributed by atoms with Gasteiger partial charge in [-0.3, -0.25) is 0 Å². The molecule has 0 saturated heterocycles. The van der Waals surface area contributed by atoms with Gasteiger partial charge in [-0.1, -0.05) is 170 Å². The Balaban J connectivity index is 1.36. The van der Waals surface area contributed by atoms with Gasteiger partial charge < -0.3 is 4.90 Å². The van der Waals surface area contributed by atoms with E-state index in [0.717, 1.165) is 17.1 Å². The van der Waals surface area contributed by atoms with E-state index >= 15 is 0 Å². The molecule has 0 aliphatic carbocycles. The molecule has 0 aromatic heterocycles. The molecule has 1 nitrogen and oxygen atoms in total. The van der Waals surface area contributed by atoms with Crippen molar-refractivity contribution >= 4 is 27.8 Å². The molecule has 0 spiro atoms. The topological polar surface area (TPSA) is 3.24 Å². The highest BCUT2D eigenvalue weighted by Crippen LogP contribution is 2.46. The highest BCUT2D eigenvalue weighted by Gasteiger charge is 2.21. The SMILES string of the molecule is c1ccc(-c2ccc(-c3ccccc3-c3ccccc3N(c3ccccc3)c3cccc4ccccc34)c(-c3ccccc3)c2)cc1. The Morgan fingerprint density at radius 2 is 0.787 bits per heavy atom. The Kier molecular flexibility index (Phi) is 7.63. The second-order valence-electron chi connectivity index (χ2n) is 11.7. The van der Waals surface area contributed by atoms with Gasteiger partial charge in [0.2, 0.25) is 0 Å². The van der Waals surface area contributed by atoms with Crippen LogP contribution in [0.3, 0.4) is 0 Å². The predicted molar refractivity (Wildman–Crippen MR) is 200 cm³/mol. The Labute approximate surface area is 276 Å². The van der Waals surface area contributed by atoms with Crippen LogP contribution in [0.25, 0.3) is 55.3 Å². The summed E-state index contributed by atoms with van der Waals surface area (Å²) in [6.07, 6.45) is 0. The highest BCUT2D eigenvalue weighted by atomic mass is 15.1. The molecule has 0 unspecified atom stereocenters. The highest BCUT2D eigenvalue weighted by molar-refractivity contribution is 6.03. The van der Waals surface area contributed by atoms with E-state index in [9.17, 15) is 0 Å². The van der Waals surface area contributed by atoms with Crippen molar-refractivity contribution in [2.45, 2.75) is 0 Å². The van der Waals surface area contributed by atoms with Gasteiger partial charge in [0.05, 0.1) is 11.4 Å². The maximum atomic E-state index is 2.41. The first-order chi connectivity index (χ1) is 23.3. The minimum Gasteiger partial charge on any atom is -0.309 e. The molecule has 0 radical (unpaired) electrons. The summed E-state index contributed by atoms with van der Waals surface area (Å²) in [6.45, 7) is 0. The first kappa shape index (κ1) is 28.3. The Hall–Kier alpha value is -6.18. The van der Waals surface area contributed by atoms with Gasteiger partial charge in [-0.25, -0.2) is 0 Å². The Bertz CT molecular complexity index is 2280. The lowest BCUT2D eigenvalue weighted by molar-refractivity contribution is 1.30. The zero-order chi connectivity index (χ0) is 31.4. The maximum absolute atomic E-state index is 2.41. The van der Waals surface area contributed by atoms with E-state index in [0.29, 0.717) is 0 Å². The number of para-hydroxylation sites is 2. The van der Waals surface area contributed by atoms with E-state index in [1.54, 1.807) is 0 Å². The number of rotatable bonds is 7. The zero-order valence-corrected chi connectivity index (χ0v) is 26.0. The van der Waals surface area contributed by atoms with Gasteiger partial charge in [-0.15, -0.1) is 0 Å². The van der Waals surface area contributed by atoms with Gasteiger partial charge in [0, 0.05) is 16.6 Å². The van der Waals surface area contributed by atoms with E-state index in [1.807, 2.05) is 0 Å². The third-order valence-corrected chi connectivity index (χ3v) is 8.89. The Morgan fingerprint density at radius 3 is 1.53 bits per heavy atom. The summed E-state index contributed by atoms with van der Waals surface area (Å²) in [5.41, 5.74) is 13.0. The number of nitrogens with zero attached hydrogens (tertiary/aromatic N) is 1. The minimum absolute atomic E-state index is 1.12. The fourth-order valence-electron chi connectivity index (χ4n) is 6.68. The summed E-state index contributed by atoms with van der Waals surface area (Å²) in [6, 6.07) is 71.8. The van der Waals surface area contributed by atoms with E-state index in [1.165, 1.54) is 55.3 Å². The third-order valence-electron chi connectivity index (χ3n) is 8.89. The molecule has 8 aromatic carbocycles. The van der Waals surface area contributed by atoms with Crippen LogP contribution in [0.5, 0.6) is 0 Å². The average Bonchev–Trinajstić information content (AvgIpc) is 3.16. The lowest BCUT2D eigenvalue weighted by atomic mass is 9.87. The molecule has 0 atom stereocenters. The number of benzene rings is 8. The summed E-state index contributed by atoms with van der Waals surface area (Å²) < 4.78 is 0. The first-order valence-electron chi connectivity index (χ1n) is 16.1. The monoisotopic (exact) mass is 599 g/mol. The molecule has 0 bridgehead atoms. The van der Waals surface area contributed by atoms with Gasteiger partial charge in [-0.2, -0.15) is 0 Å². The number of anilines is 3. The summed E-state index contributed by atoms with van der Waals surface area (Å²) >= 11 is 0. The van der Waals surface area contributed by atoms with Gasteiger partial charge in [0.15, 0.2) is 0 Å². The summed E-state index contributed by atoms with van der Waals surface area (Å²) in [5, 5.41) is 2.43. The first-order valence-corrected chi connectivity index (χ1v) is 16.1. The molecular formula is C46H33N. The van der Waals surface area contributed by atoms with Crippen molar-refractivity contribution in [3.8, 4) is 44.5 Å². The maximum Gasteiger partial charge on any atom is 0.0540 e. The van der Waals surface area contributed by atoms with Crippen molar-refractivity contribution in [1.82, 2.24) is 0 Å². The van der Waals surface area contributed by atoms with E-state index in [4.69, 9.17) is 0 Å². The molecule has 0 N–H and O–H groups in total. The van der Waals surface area contributed by atoms with E-state index < -0.39 is 0 Å². The molecule has 0 aliphatic heterocycles. The van der Waals surface area contributed by atoms with Crippen LogP contribution in [0, 0.1) is 0 Å². The summed E-state index contributed by atoms with van der Waals surface area (Å²) in [7, 11) is 0. The van der Waals surface area contributed by atoms with Crippen molar-refractivity contribution in [3.63, 3.8) is 0 Å². The van der Waals surface area contributed by atoms with Crippen molar-refractivity contribution in [1.29, 1.82) is 0 Å². The van der Waals surface area contributed by atoms with Crippen LogP contribution in [0.4, 0.5) is 17.1 Å². The average molecular weight is 600 g/mol. The van der Waals surface area contributed by atoms with Crippen LogP contribution in [0.1, 0.15) is 0 Å². The smallest absolute Gasteiger partial charge is 0.0540 e. The van der Waals surface area contributed by atoms with Gasteiger partial charge >= 0.3 is 0 Å². The third kappa shape index (κ3) is 5.49. The van der Waals surface area contributed by atoms with E-state index in [2.05, 4.69) is 205 Å². The lowest BCUT2D eigenvalue weighted by Crippen LogP contribution is -2.11. The van der Waals surface area contributed by atoms with Crippen LogP contribution in [-0.4, -0.2) is 0 Å². The molecule has 8 aromatic rings. The number of hydrogen-bond acceptors (Lipinski definition) is 1. The molecule has 8 rings (SSSR count). The molecule has 0 fully saturated rings. The molecule has 0 aliphatic rings. The second-order valence-corrected chi connectivity index (χ2v) is 11.7. The number of fused-ring (bicyclic) bond motifs is 1. The molecule has 0 amide bonds. The molecule has 1 heteroatoms. The minimum atomic E-state index is 1.12. The van der Waals surface area contributed by atoms with Crippen molar-refractivity contribution in [2.75, 3.05) is 4.90 Å². The van der Waals surface area contributed by atoms with Gasteiger partial charge in [0.25, 0.3) is 0 Å². The largest absolute Gasteiger partial charge is 0.309 e. The molecular weight excluding hydrogens is 567 g/mol. The van der Waals surface area contributed by atoms with Crippen LogP contribution in [-0.2, 0) is 0 Å². The van der Waals surface area contributed by atoms with Crippen molar-refractivity contribution in [2.24, 2.45) is 0 Å². The van der Waals surface area contributed by atoms with Crippen LogP contribution in [0.15, 0.2) is 200 Å². The molecule has 0 heterocycles. The number of hydrogen-bond donors (Lipinski definition) is 0. The fourth-order valence-corrected chi connectivity index (χ4v) is 6.68. The quantitative estimate of drug-likeness (QED) is 0.176. The second kappa shape index (κ2) is 12.7. The van der Waals surface area contributed by atoms with Gasteiger partial charge in [-0.05, 0) is 74.7 Å². The molecule has 47 heavy (non-hydrogen) atoms. The summed E-state index contributed by atoms with van der Waals surface area (Å²) in [4.78, 5) is 2.41. The summed E-state index contributed by atoms with van der Waals surface area (Å²) in [5.74, 6) is 0. The van der Waals surface area contributed by atoms with E-state index in [-0.39, 0.29) is 0 Å². The lowest BCUT2D eigenvalue weighted by Gasteiger charge is -2.29. The normalized spacial score (nSPS) is 11.0. The standard InChI is InChI=1S/C46H33N/c1-4-17-34(18-5-1)37-31-32-42(44(33-37)36-19-6-2-7-20-36)40-26-12-13-27-41(40)43-28-14-15-29-46(43)47(38-23-8-3-9-24-38)45-30-16-22-35-21-10-11-25-39(35)45/h1-33H. The molecule has 222 valence electrons. The zero-order valence-electron chi connectivity index (χ0n) is 26.0. The van der Waals surface area contributed by atoms with Crippen LogP contribution >= 0.6 is 0 Å².